The zero-order valence-electron chi connectivity index (χ0n) is 5.95. The van der Waals surface area contributed by atoms with Crippen molar-refractivity contribution in [2.75, 3.05) is 0 Å². The van der Waals surface area contributed by atoms with Crippen LogP contribution in [0.15, 0.2) is 24.3 Å². The molecule has 0 aliphatic rings. The number of aromatic nitrogens is 3. The van der Waals surface area contributed by atoms with Crippen molar-refractivity contribution in [1.82, 2.24) is 15.0 Å². The SMILES string of the molecule is Cn1nc2ccccc2n1.[Ag]. The van der Waals surface area contributed by atoms with Gasteiger partial charge in [0.15, 0.2) is 0 Å². The van der Waals surface area contributed by atoms with Gasteiger partial charge in [0.2, 0.25) is 0 Å². The molecule has 0 fully saturated rings. The molecule has 0 unspecified atom stereocenters. The van der Waals surface area contributed by atoms with Crippen molar-refractivity contribution in [3.05, 3.63) is 24.3 Å². The summed E-state index contributed by atoms with van der Waals surface area (Å²) in [5.74, 6) is 0. The summed E-state index contributed by atoms with van der Waals surface area (Å²) in [6.45, 7) is 0. The Bertz CT molecular complexity index is 322. The van der Waals surface area contributed by atoms with E-state index in [1.165, 1.54) is 0 Å². The van der Waals surface area contributed by atoms with Gasteiger partial charge in [0.25, 0.3) is 0 Å². The Balaban J connectivity index is 0.000000605. The summed E-state index contributed by atoms with van der Waals surface area (Å²) in [5, 5.41) is 8.24. The summed E-state index contributed by atoms with van der Waals surface area (Å²) in [6, 6.07) is 7.80. The maximum absolute atomic E-state index is 4.12. The summed E-state index contributed by atoms with van der Waals surface area (Å²) in [5.41, 5.74) is 1.90. The van der Waals surface area contributed by atoms with Crippen LogP contribution in [0.5, 0.6) is 0 Å². The molecule has 0 amide bonds. The van der Waals surface area contributed by atoms with Gasteiger partial charge in [-0.05, 0) is 12.1 Å². The van der Waals surface area contributed by atoms with Crippen molar-refractivity contribution in [1.29, 1.82) is 0 Å². The summed E-state index contributed by atoms with van der Waals surface area (Å²) in [4.78, 5) is 1.57. The molecule has 0 spiro atoms. The zero-order valence-corrected chi connectivity index (χ0v) is 7.43. The first-order chi connectivity index (χ1) is 4.86. The van der Waals surface area contributed by atoms with Gasteiger partial charge >= 0.3 is 0 Å². The molecule has 4 heteroatoms. The normalized spacial score (nSPS) is 9.55. The van der Waals surface area contributed by atoms with Crippen molar-refractivity contribution < 1.29 is 22.4 Å². The quantitative estimate of drug-likeness (QED) is 0.643. The minimum absolute atomic E-state index is 0. The van der Waals surface area contributed by atoms with Gasteiger partial charge in [0.05, 0.1) is 0 Å². The molecule has 1 aromatic heterocycles. The Kier molecular flexibility index (Phi) is 2.44. The number of nitrogens with zero attached hydrogens (tertiary/aromatic N) is 3. The molecule has 2 rings (SSSR count). The summed E-state index contributed by atoms with van der Waals surface area (Å²) in [6.07, 6.45) is 0. The van der Waals surface area contributed by atoms with Crippen molar-refractivity contribution >= 4 is 11.0 Å². The van der Waals surface area contributed by atoms with Crippen LogP contribution in [0.3, 0.4) is 0 Å². The van der Waals surface area contributed by atoms with Gasteiger partial charge in [-0.2, -0.15) is 15.0 Å². The largest absolute Gasteiger partial charge is 0.187 e. The molecular weight excluding hydrogens is 234 g/mol. The molecule has 1 aromatic carbocycles. The maximum Gasteiger partial charge on any atom is 0.113 e. The number of hydrogen-bond donors (Lipinski definition) is 0. The van der Waals surface area contributed by atoms with E-state index in [1.54, 1.807) is 4.80 Å². The molecule has 0 bridgehead atoms. The zero-order chi connectivity index (χ0) is 6.97. The van der Waals surface area contributed by atoms with Crippen molar-refractivity contribution in [3.63, 3.8) is 0 Å². The molecule has 0 saturated carbocycles. The molecule has 0 aliphatic heterocycles. The van der Waals surface area contributed by atoms with Crippen LogP contribution in [-0.4, -0.2) is 15.0 Å². The fraction of sp³-hybridized carbons (Fsp3) is 0.143. The minimum Gasteiger partial charge on any atom is -0.187 e. The van der Waals surface area contributed by atoms with Crippen LogP contribution < -0.4 is 0 Å². The van der Waals surface area contributed by atoms with Gasteiger partial charge in [-0.1, -0.05) is 12.1 Å². The van der Waals surface area contributed by atoms with Crippen LogP contribution in [0.25, 0.3) is 11.0 Å². The van der Waals surface area contributed by atoms with E-state index in [2.05, 4.69) is 10.2 Å². The van der Waals surface area contributed by atoms with Crippen molar-refractivity contribution in [2.45, 2.75) is 0 Å². The first-order valence-electron chi connectivity index (χ1n) is 3.12. The van der Waals surface area contributed by atoms with Crippen LogP contribution in [0.2, 0.25) is 0 Å². The van der Waals surface area contributed by atoms with Crippen LogP contribution in [-0.2, 0) is 29.4 Å². The topological polar surface area (TPSA) is 30.7 Å². The smallest absolute Gasteiger partial charge is 0.113 e. The predicted molar refractivity (Wildman–Crippen MR) is 38.5 cm³/mol. The van der Waals surface area contributed by atoms with Crippen LogP contribution in [0, 0.1) is 0 Å². The number of fused-ring (bicyclic) bond motifs is 1. The first-order valence-corrected chi connectivity index (χ1v) is 3.12. The second kappa shape index (κ2) is 3.17. The molecule has 0 saturated heterocycles. The Hall–Kier alpha value is -0.640. The molecule has 0 aliphatic carbocycles. The molecular formula is C7H7AgN3. The van der Waals surface area contributed by atoms with Crippen molar-refractivity contribution in [3.8, 4) is 0 Å². The number of hydrogen-bond acceptors (Lipinski definition) is 2. The molecule has 61 valence electrons. The van der Waals surface area contributed by atoms with Gasteiger partial charge in [0.1, 0.15) is 11.0 Å². The molecule has 3 nitrogen and oxygen atoms in total. The van der Waals surface area contributed by atoms with E-state index in [0.717, 1.165) is 11.0 Å². The van der Waals surface area contributed by atoms with E-state index < -0.39 is 0 Å². The Morgan fingerprint density at radius 1 is 1.09 bits per heavy atom. The molecule has 11 heavy (non-hydrogen) atoms. The maximum atomic E-state index is 4.12. The molecule has 0 atom stereocenters. The fourth-order valence-electron chi connectivity index (χ4n) is 0.967. The van der Waals surface area contributed by atoms with Crippen LogP contribution >= 0.6 is 0 Å². The fourth-order valence-corrected chi connectivity index (χ4v) is 0.967. The second-order valence-corrected chi connectivity index (χ2v) is 2.18. The third-order valence-electron chi connectivity index (χ3n) is 1.39. The van der Waals surface area contributed by atoms with E-state index in [4.69, 9.17) is 0 Å². The van der Waals surface area contributed by atoms with Gasteiger partial charge in [0, 0.05) is 29.4 Å². The van der Waals surface area contributed by atoms with Crippen LogP contribution in [0.1, 0.15) is 0 Å². The average molecular weight is 241 g/mol. The Labute approximate surface area is 79.9 Å². The summed E-state index contributed by atoms with van der Waals surface area (Å²) in [7, 11) is 1.82. The number of aryl methyl sites for hydroxylation is 1. The van der Waals surface area contributed by atoms with Gasteiger partial charge in [-0.25, -0.2) is 0 Å². The minimum atomic E-state index is 0. The van der Waals surface area contributed by atoms with E-state index in [-0.39, 0.29) is 22.4 Å². The standard InChI is InChI=1S/C7H7N3.Ag/c1-10-8-6-4-2-3-5-7(6)9-10;/h2-5H,1H3;. The third kappa shape index (κ3) is 1.50. The van der Waals surface area contributed by atoms with Gasteiger partial charge in [-0.3, -0.25) is 0 Å². The van der Waals surface area contributed by atoms with Gasteiger partial charge in [-0.15, -0.1) is 0 Å². The Morgan fingerprint density at radius 3 is 2.00 bits per heavy atom. The number of rotatable bonds is 0. The molecule has 1 radical (unpaired) electrons. The van der Waals surface area contributed by atoms with E-state index in [0.29, 0.717) is 0 Å². The predicted octanol–water partition coefficient (Wildman–Crippen LogP) is 0.966. The number of benzene rings is 1. The van der Waals surface area contributed by atoms with Crippen molar-refractivity contribution in [2.24, 2.45) is 7.05 Å². The average Bonchev–Trinajstić information content (AvgIpc) is 2.27. The Morgan fingerprint density at radius 2 is 1.55 bits per heavy atom. The molecule has 0 N–H and O–H groups in total. The van der Waals surface area contributed by atoms with Gasteiger partial charge < -0.3 is 0 Å². The third-order valence-corrected chi connectivity index (χ3v) is 1.39. The van der Waals surface area contributed by atoms with Crippen LogP contribution in [0.4, 0.5) is 0 Å². The first kappa shape index (κ1) is 8.46. The molecule has 2 aromatic rings. The monoisotopic (exact) mass is 240 g/mol. The summed E-state index contributed by atoms with van der Waals surface area (Å²) >= 11 is 0. The van der Waals surface area contributed by atoms with E-state index in [1.807, 2.05) is 31.3 Å². The molecule has 1 heterocycles. The summed E-state index contributed by atoms with van der Waals surface area (Å²) < 4.78 is 0. The van der Waals surface area contributed by atoms with E-state index in [9.17, 15) is 0 Å². The van der Waals surface area contributed by atoms with E-state index >= 15 is 0 Å². The second-order valence-electron chi connectivity index (χ2n) is 2.18.